The minimum absolute atomic E-state index is 0.0501. The number of aromatic nitrogens is 1. The molecule has 0 saturated heterocycles. The van der Waals surface area contributed by atoms with Crippen molar-refractivity contribution in [2.75, 3.05) is 19.7 Å². The minimum Gasteiger partial charge on any atom is -0.468 e. The molecule has 0 amide bonds. The van der Waals surface area contributed by atoms with Gasteiger partial charge in [0.2, 0.25) is 5.88 Å². The van der Waals surface area contributed by atoms with Gasteiger partial charge in [0.25, 0.3) is 0 Å². The highest BCUT2D eigenvalue weighted by atomic mass is 19.4. The Hall–Kier alpha value is -1.99. The average Bonchev–Trinajstić information content (AvgIpc) is 2.43. The molecule has 0 atom stereocenters. The Morgan fingerprint density at radius 3 is 2.52 bits per heavy atom. The second kappa shape index (κ2) is 8.33. The predicted octanol–water partition coefficient (Wildman–Crippen LogP) is 2.10. The lowest BCUT2D eigenvalue weighted by molar-refractivity contribution is -0.154. The summed E-state index contributed by atoms with van der Waals surface area (Å²) < 4.78 is 41.3. The number of guanidine groups is 1. The molecule has 118 valence electrons. The van der Waals surface area contributed by atoms with Crippen LogP contribution < -0.4 is 15.4 Å². The molecule has 1 heterocycles. The number of aliphatic imine (C=N–C) groups is 1. The molecule has 0 aliphatic carbocycles. The Balaban J connectivity index is 2.75. The molecule has 0 aliphatic heterocycles. The normalized spacial score (nSPS) is 10.9. The number of rotatable bonds is 6. The van der Waals surface area contributed by atoms with Crippen LogP contribution in [0.15, 0.2) is 23.3 Å². The Labute approximate surface area is 121 Å². The van der Waals surface area contributed by atoms with Gasteiger partial charge in [-0.2, -0.15) is 13.2 Å². The molecule has 0 aromatic carbocycles. The zero-order valence-electron chi connectivity index (χ0n) is 12.0. The van der Waals surface area contributed by atoms with Crippen LogP contribution in [0, 0.1) is 0 Å². The zero-order valence-corrected chi connectivity index (χ0v) is 12.0. The lowest BCUT2D eigenvalue weighted by Gasteiger charge is -2.12. The van der Waals surface area contributed by atoms with Crippen molar-refractivity contribution in [3.63, 3.8) is 0 Å². The van der Waals surface area contributed by atoms with Gasteiger partial charge in [-0.15, -0.1) is 0 Å². The van der Waals surface area contributed by atoms with Crippen molar-refractivity contribution in [2.45, 2.75) is 26.6 Å². The van der Waals surface area contributed by atoms with Crippen LogP contribution in [-0.2, 0) is 6.54 Å². The number of nitrogens with zero attached hydrogens (tertiary/aromatic N) is 2. The van der Waals surface area contributed by atoms with E-state index in [4.69, 9.17) is 4.74 Å². The second-order valence-corrected chi connectivity index (χ2v) is 4.10. The smallest absolute Gasteiger partial charge is 0.422 e. The van der Waals surface area contributed by atoms with Crippen molar-refractivity contribution in [1.29, 1.82) is 0 Å². The van der Waals surface area contributed by atoms with Crippen LogP contribution in [-0.4, -0.2) is 36.8 Å². The fourth-order valence-electron chi connectivity index (χ4n) is 1.50. The third-order valence-electron chi connectivity index (χ3n) is 2.32. The van der Waals surface area contributed by atoms with E-state index >= 15 is 0 Å². The van der Waals surface area contributed by atoms with Gasteiger partial charge in [0.05, 0.1) is 6.54 Å². The first kappa shape index (κ1) is 17.1. The van der Waals surface area contributed by atoms with Crippen molar-refractivity contribution in [3.05, 3.63) is 23.9 Å². The second-order valence-electron chi connectivity index (χ2n) is 4.10. The molecule has 0 saturated carbocycles. The standard InChI is InChI=1S/C13H19F3N4O/c1-3-17-12(18-4-2)20-8-10-6-5-7-19-11(10)21-9-13(14,15)16/h5-7H,3-4,8-9H2,1-2H3,(H2,17,18,20). The molecule has 8 heteroatoms. The maximum absolute atomic E-state index is 12.2. The molecule has 2 N–H and O–H groups in total. The topological polar surface area (TPSA) is 58.5 Å². The molecule has 0 spiro atoms. The molecule has 1 rings (SSSR count). The third-order valence-corrected chi connectivity index (χ3v) is 2.32. The maximum atomic E-state index is 12.2. The van der Waals surface area contributed by atoms with Gasteiger partial charge < -0.3 is 15.4 Å². The van der Waals surface area contributed by atoms with Gasteiger partial charge in [0, 0.05) is 24.8 Å². The summed E-state index contributed by atoms with van der Waals surface area (Å²) in [5.74, 6) is 0.538. The van der Waals surface area contributed by atoms with Crippen LogP contribution in [0.25, 0.3) is 0 Å². The van der Waals surface area contributed by atoms with Gasteiger partial charge in [-0.1, -0.05) is 6.07 Å². The first-order valence-electron chi connectivity index (χ1n) is 6.62. The van der Waals surface area contributed by atoms with E-state index in [9.17, 15) is 13.2 Å². The number of nitrogens with one attached hydrogen (secondary N) is 2. The lowest BCUT2D eigenvalue weighted by Crippen LogP contribution is -2.37. The van der Waals surface area contributed by atoms with E-state index in [1.54, 1.807) is 12.1 Å². The summed E-state index contributed by atoms with van der Waals surface area (Å²) in [4.78, 5) is 8.09. The summed E-state index contributed by atoms with van der Waals surface area (Å²) >= 11 is 0. The molecule has 0 aliphatic rings. The van der Waals surface area contributed by atoms with Crippen LogP contribution in [0.3, 0.4) is 0 Å². The van der Waals surface area contributed by atoms with Crippen molar-refractivity contribution >= 4 is 5.96 Å². The largest absolute Gasteiger partial charge is 0.468 e. The number of halogens is 3. The summed E-state index contributed by atoms with van der Waals surface area (Å²) in [5.41, 5.74) is 0.495. The van der Waals surface area contributed by atoms with Crippen LogP contribution in [0.4, 0.5) is 13.2 Å². The van der Waals surface area contributed by atoms with Crippen molar-refractivity contribution in [2.24, 2.45) is 4.99 Å². The molecule has 0 unspecified atom stereocenters. The molecule has 0 fully saturated rings. The van der Waals surface area contributed by atoms with E-state index in [0.29, 0.717) is 24.6 Å². The first-order chi connectivity index (χ1) is 9.96. The van der Waals surface area contributed by atoms with Crippen LogP contribution >= 0.6 is 0 Å². The quantitative estimate of drug-likeness (QED) is 0.624. The Bertz CT molecular complexity index is 455. The van der Waals surface area contributed by atoms with Crippen LogP contribution in [0.1, 0.15) is 19.4 Å². The molecule has 0 bridgehead atoms. The van der Waals surface area contributed by atoms with Gasteiger partial charge in [-0.25, -0.2) is 9.98 Å². The van der Waals surface area contributed by atoms with Gasteiger partial charge in [-0.05, 0) is 19.9 Å². The van der Waals surface area contributed by atoms with Gasteiger partial charge >= 0.3 is 6.18 Å². The van der Waals surface area contributed by atoms with Gasteiger partial charge in [-0.3, -0.25) is 0 Å². The zero-order chi connectivity index (χ0) is 15.7. The molecular formula is C13H19F3N4O. The molecule has 1 aromatic rings. The van der Waals surface area contributed by atoms with E-state index < -0.39 is 12.8 Å². The fourth-order valence-corrected chi connectivity index (χ4v) is 1.50. The fraction of sp³-hybridized carbons (Fsp3) is 0.538. The highest BCUT2D eigenvalue weighted by Gasteiger charge is 2.29. The number of hydrogen-bond donors (Lipinski definition) is 2. The van der Waals surface area contributed by atoms with Crippen LogP contribution in [0.2, 0.25) is 0 Å². The first-order valence-corrected chi connectivity index (χ1v) is 6.62. The Kier molecular flexibility index (Phi) is 6.77. The number of ether oxygens (including phenoxy) is 1. The number of pyridine rings is 1. The third kappa shape index (κ3) is 6.82. The lowest BCUT2D eigenvalue weighted by atomic mass is 10.3. The maximum Gasteiger partial charge on any atom is 0.422 e. The summed E-state index contributed by atoms with van der Waals surface area (Å²) in [7, 11) is 0. The summed E-state index contributed by atoms with van der Waals surface area (Å²) in [6, 6.07) is 3.27. The summed E-state index contributed by atoms with van der Waals surface area (Å²) in [6.45, 7) is 4.04. The van der Waals surface area contributed by atoms with E-state index in [2.05, 4.69) is 20.6 Å². The summed E-state index contributed by atoms with van der Waals surface area (Å²) in [5, 5.41) is 6.05. The van der Waals surface area contributed by atoms with Crippen molar-refractivity contribution in [1.82, 2.24) is 15.6 Å². The highest BCUT2D eigenvalue weighted by molar-refractivity contribution is 5.79. The van der Waals surface area contributed by atoms with Crippen molar-refractivity contribution < 1.29 is 17.9 Å². The Morgan fingerprint density at radius 1 is 1.29 bits per heavy atom. The van der Waals surface area contributed by atoms with Crippen molar-refractivity contribution in [3.8, 4) is 5.88 Å². The predicted molar refractivity (Wildman–Crippen MR) is 74.3 cm³/mol. The number of alkyl halides is 3. The monoisotopic (exact) mass is 304 g/mol. The van der Waals surface area contributed by atoms with E-state index in [0.717, 1.165) is 0 Å². The minimum atomic E-state index is -4.39. The van der Waals surface area contributed by atoms with E-state index in [1.807, 2.05) is 13.8 Å². The molecule has 5 nitrogen and oxygen atoms in total. The van der Waals surface area contributed by atoms with Gasteiger partial charge in [0.1, 0.15) is 0 Å². The number of hydrogen-bond acceptors (Lipinski definition) is 3. The summed E-state index contributed by atoms with van der Waals surface area (Å²) in [6.07, 6.45) is -3.01. The molecular weight excluding hydrogens is 285 g/mol. The van der Waals surface area contributed by atoms with E-state index in [1.165, 1.54) is 6.20 Å². The molecule has 0 radical (unpaired) electrons. The Morgan fingerprint density at radius 2 is 1.95 bits per heavy atom. The molecule has 21 heavy (non-hydrogen) atoms. The van der Waals surface area contributed by atoms with Crippen LogP contribution in [0.5, 0.6) is 5.88 Å². The van der Waals surface area contributed by atoms with Gasteiger partial charge in [0.15, 0.2) is 12.6 Å². The SMILES string of the molecule is CCNC(=NCc1cccnc1OCC(F)(F)F)NCC. The van der Waals surface area contributed by atoms with E-state index in [-0.39, 0.29) is 12.4 Å². The molecule has 1 aromatic heterocycles. The average molecular weight is 304 g/mol. The highest BCUT2D eigenvalue weighted by Crippen LogP contribution is 2.20.